The fourth-order valence-electron chi connectivity index (χ4n) is 2.41. The molecule has 1 aromatic carbocycles. The van der Waals surface area contributed by atoms with Gasteiger partial charge in [0.1, 0.15) is 0 Å². The van der Waals surface area contributed by atoms with Crippen molar-refractivity contribution < 1.29 is 4.74 Å². The van der Waals surface area contributed by atoms with Crippen molar-refractivity contribution in [3.8, 4) is 0 Å². The minimum Gasteiger partial charge on any atom is -0.378 e. The molecule has 1 fully saturated rings. The summed E-state index contributed by atoms with van der Waals surface area (Å²) in [7, 11) is 0. The molecule has 0 aliphatic carbocycles. The van der Waals surface area contributed by atoms with Crippen LogP contribution in [-0.2, 0) is 11.3 Å². The molecular weight excluding hydrogens is 224 g/mol. The Morgan fingerprint density at radius 2 is 1.89 bits per heavy atom. The standard InChI is InChI=1S/C15H24N2O/c1-2-11-18-15-7-9-17(10-8-15)14-5-3-13(12-16)4-6-14/h3-6,15H,2,7-12,16H2,1H3. The number of nitrogens with zero attached hydrogens (tertiary/aromatic N) is 1. The van der Waals surface area contributed by atoms with Crippen LogP contribution in [0.5, 0.6) is 0 Å². The van der Waals surface area contributed by atoms with E-state index in [4.69, 9.17) is 10.5 Å². The van der Waals surface area contributed by atoms with Crippen molar-refractivity contribution in [2.45, 2.75) is 38.8 Å². The second kappa shape index (κ2) is 6.76. The molecule has 3 heteroatoms. The van der Waals surface area contributed by atoms with E-state index in [1.54, 1.807) is 0 Å². The van der Waals surface area contributed by atoms with Crippen LogP contribution in [0.4, 0.5) is 5.69 Å². The molecule has 0 aromatic heterocycles. The number of hydrogen-bond acceptors (Lipinski definition) is 3. The number of nitrogens with two attached hydrogens (primary N) is 1. The Kier molecular flexibility index (Phi) is 5.02. The number of rotatable bonds is 5. The highest BCUT2D eigenvalue weighted by Gasteiger charge is 2.19. The van der Waals surface area contributed by atoms with Gasteiger partial charge in [0.05, 0.1) is 6.10 Å². The van der Waals surface area contributed by atoms with Crippen molar-refractivity contribution in [1.82, 2.24) is 0 Å². The Bertz CT molecular complexity index is 342. The van der Waals surface area contributed by atoms with Gasteiger partial charge in [-0.3, -0.25) is 0 Å². The average Bonchev–Trinajstić information content (AvgIpc) is 2.46. The van der Waals surface area contributed by atoms with Crippen LogP contribution < -0.4 is 10.6 Å². The second-order valence-electron chi connectivity index (χ2n) is 4.93. The molecule has 0 spiro atoms. The summed E-state index contributed by atoms with van der Waals surface area (Å²) in [4.78, 5) is 2.44. The largest absolute Gasteiger partial charge is 0.378 e. The van der Waals surface area contributed by atoms with Crippen LogP contribution in [0.3, 0.4) is 0 Å². The van der Waals surface area contributed by atoms with Crippen LogP contribution >= 0.6 is 0 Å². The van der Waals surface area contributed by atoms with Crippen LogP contribution in [0, 0.1) is 0 Å². The van der Waals surface area contributed by atoms with Crippen LogP contribution in [0.2, 0.25) is 0 Å². The molecule has 3 nitrogen and oxygen atoms in total. The van der Waals surface area contributed by atoms with E-state index in [0.717, 1.165) is 39.0 Å². The first-order valence-corrected chi connectivity index (χ1v) is 6.99. The predicted octanol–water partition coefficient (Wildman–Crippen LogP) is 2.54. The third kappa shape index (κ3) is 3.47. The number of benzene rings is 1. The van der Waals surface area contributed by atoms with E-state index in [1.165, 1.54) is 11.3 Å². The lowest BCUT2D eigenvalue weighted by Crippen LogP contribution is -2.37. The Balaban J connectivity index is 1.84. The third-order valence-electron chi connectivity index (χ3n) is 3.54. The monoisotopic (exact) mass is 248 g/mol. The van der Waals surface area contributed by atoms with Crippen molar-refractivity contribution in [3.63, 3.8) is 0 Å². The number of piperidine rings is 1. The molecule has 1 aliphatic rings. The summed E-state index contributed by atoms with van der Waals surface area (Å²) in [5.74, 6) is 0. The van der Waals surface area contributed by atoms with Gasteiger partial charge >= 0.3 is 0 Å². The molecule has 0 atom stereocenters. The summed E-state index contributed by atoms with van der Waals surface area (Å²) in [5.41, 5.74) is 8.11. The van der Waals surface area contributed by atoms with E-state index in [0.29, 0.717) is 12.6 Å². The lowest BCUT2D eigenvalue weighted by molar-refractivity contribution is 0.0375. The fraction of sp³-hybridized carbons (Fsp3) is 0.600. The maximum absolute atomic E-state index is 5.81. The van der Waals surface area contributed by atoms with E-state index in [-0.39, 0.29) is 0 Å². The van der Waals surface area contributed by atoms with Gasteiger partial charge in [-0.1, -0.05) is 19.1 Å². The molecule has 18 heavy (non-hydrogen) atoms. The smallest absolute Gasteiger partial charge is 0.0608 e. The molecule has 0 amide bonds. The normalized spacial score (nSPS) is 17.1. The van der Waals surface area contributed by atoms with Crippen LogP contribution in [0.25, 0.3) is 0 Å². The molecule has 100 valence electrons. The van der Waals surface area contributed by atoms with E-state index < -0.39 is 0 Å². The molecule has 1 aromatic rings. The summed E-state index contributed by atoms with van der Waals surface area (Å²) < 4.78 is 5.81. The van der Waals surface area contributed by atoms with Gasteiger partial charge in [0.15, 0.2) is 0 Å². The molecule has 1 aliphatic heterocycles. The van der Waals surface area contributed by atoms with Gasteiger partial charge < -0.3 is 15.4 Å². The van der Waals surface area contributed by atoms with Gasteiger partial charge in [-0.15, -0.1) is 0 Å². The van der Waals surface area contributed by atoms with E-state index in [2.05, 4.69) is 36.1 Å². The Labute approximate surface area is 110 Å². The van der Waals surface area contributed by atoms with Crippen molar-refractivity contribution in [2.75, 3.05) is 24.6 Å². The molecule has 0 radical (unpaired) electrons. The summed E-state index contributed by atoms with van der Waals surface area (Å²) in [6.07, 6.45) is 3.85. The first-order chi connectivity index (χ1) is 8.83. The molecule has 1 heterocycles. The topological polar surface area (TPSA) is 38.5 Å². The SMILES string of the molecule is CCCOC1CCN(c2ccc(CN)cc2)CC1. The summed E-state index contributed by atoms with van der Waals surface area (Å²) in [5, 5.41) is 0. The minimum atomic E-state index is 0.463. The molecular formula is C15H24N2O. The maximum Gasteiger partial charge on any atom is 0.0608 e. The lowest BCUT2D eigenvalue weighted by atomic mass is 10.1. The molecule has 0 saturated carbocycles. The van der Waals surface area contributed by atoms with E-state index in [1.807, 2.05) is 0 Å². The van der Waals surface area contributed by atoms with Gasteiger partial charge in [-0.05, 0) is 37.0 Å². The zero-order valence-electron chi connectivity index (χ0n) is 11.3. The van der Waals surface area contributed by atoms with Gasteiger partial charge in [0, 0.05) is 31.9 Å². The lowest BCUT2D eigenvalue weighted by Gasteiger charge is -2.33. The number of ether oxygens (including phenoxy) is 1. The zero-order valence-corrected chi connectivity index (χ0v) is 11.3. The van der Waals surface area contributed by atoms with Crippen molar-refractivity contribution in [2.24, 2.45) is 5.73 Å². The zero-order chi connectivity index (χ0) is 12.8. The van der Waals surface area contributed by atoms with Crippen LogP contribution in [-0.4, -0.2) is 25.8 Å². The van der Waals surface area contributed by atoms with Gasteiger partial charge in [0.2, 0.25) is 0 Å². The van der Waals surface area contributed by atoms with Crippen LogP contribution in [0.15, 0.2) is 24.3 Å². The van der Waals surface area contributed by atoms with Crippen molar-refractivity contribution >= 4 is 5.69 Å². The molecule has 1 saturated heterocycles. The second-order valence-corrected chi connectivity index (χ2v) is 4.93. The van der Waals surface area contributed by atoms with Gasteiger partial charge in [0.25, 0.3) is 0 Å². The molecule has 2 N–H and O–H groups in total. The highest BCUT2D eigenvalue weighted by Crippen LogP contribution is 2.21. The number of hydrogen-bond donors (Lipinski definition) is 1. The first kappa shape index (κ1) is 13.4. The number of anilines is 1. The minimum absolute atomic E-state index is 0.463. The molecule has 2 rings (SSSR count). The quantitative estimate of drug-likeness (QED) is 0.870. The Morgan fingerprint density at radius 1 is 1.22 bits per heavy atom. The van der Waals surface area contributed by atoms with Gasteiger partial charge in [-0.25, -0.2) is 0 Å². The first-order valence-electron chi connectivity index (χ1n) is 6.99. The van der Waals surface area contributed by atoms with E-state index >= 15 is 0 Å². The highest BCUT2D eigenvalue weighted by molar-refractivity contribution is 5.47. The Morgan fingerprint density at radius 3 is 2.44 bits per heavy atom. The molecule has 0 unspecified atom stereocenters. The fourth-order valence-corrected chi connectivity index (χ4v) is 2.41. The molecule has 0 bridgehead atoms. The maximum atomic E-state index is 5.81. The van der Waals surface area contributed by atoms with Crippen molar-refractivity contribution in [1.29, 1.82) is 0 Å². The highest BCUT2D eigenvalue weighted by atomic mass is 16.5. The Hall–Kier alpha value is -1.06. The van der Waals surface area contributed by atoms with E-state index in [9.17, 15) is 0 Å². The summed E-state index contributed by atoms with van der Waals surface area (Å²) in [6, 6.07) is 8.59. The van der Waals surface area contributed by atoms with Crippen molar-refractivity contribution in [3.05, 3.63) is 29.8 Å². The average molecular weight is 248 g/mol. The predicted molar refractivity (Wildman–Crippen MR) is 75.8 cm³/mol. The van der Waals surface area contributed by atoms with Crippen LogP contribution in [0.1, 0.15) is 31.7 Å². The third-order valence-corrected chi connectivity index (χ3v) is 3.54. The summed E-state index contributed by atoms with van der Waals surface area (Å²) >= 11 is 0. The van der Waals surface area contributed by atoms with Gasteiger partial charge in [-0.2, -0.15) is 0 Å². The summed E-state index contributed by atoms with van der Waals surface area (Å²) in [6.45, 7) is 5.86.